The lowest BCUT2D eigenvalue weighted by atomic mass is 10.1. The van der Waals surface area contributed by atoms with E-state index in [0.29, 0.717) is 28.0 Å². The summed E-state index contributed by atoms with van der Waals surface area (Å²) in [5, 5.41) is 8.79. The first-order valence-corrected chi connectivity index (χ1v) is 9.83. The first-order chi connectivity index (χ1) is 15.1. The molecule has 0 spiro atoms. The van der Waals surface area contributed by atoms with Crippen LogP contribution in [0, 0.1) is 12.7 Å². The minimum Gasteiger partial charge on any atom is -0.268 e. The first-order valence-electron chi connectivity index (χ1n) is 9.83. The Balaban J connectivity index is 1.65. The third-order valence-electron chi connectivity index (χ3n) is 5.19. The van der Waals surface area contributed by atoms with Crippen molar-refractivity contribution >= 4 is 10.9 Å². The highest BCUT2D eigenvalue weighted by atomic mass is 19.1. The number of aromatic nitrogens is 5. The van der Waals surface area contributed by atoms with Gasteiger partial charge in [0.1, 0.15) is 23.9 Å². The van der Waals surface area contributed by atoms with Gasteiger partial charge >= 0.3 is 0 Å². The van der Waals surface area contributed by atoms with E-state index in [4.69, 9.17) is 4.98 Å². The molecular formula is C24H18FN5O. The van der Waals surface area contributed by atoms with Gasteiger partial charge in [-0.05, 0) is 42.8 Å². The highest BCUT2D eigenvalue weighted by Crippen LogP contribution is 2.21. The van der Waals surface area contributed by atoms with Crippen LogP contribution in [0.1, 0.15) is 11.4 Å². The molecule has 31 heavy (non-hydrogen) atoms. The summed E-state index contributed by atoms with van der Waals surface area (Å²) >= 11 is 0. The SMILES string of the molecule is Cc1ccccc1-n1c(Cn2cc(-c3ccccc3F)nn2)nc2ccccc2c1=O. The molecule has 5 rings (SSSR count). The molecule has 0 saturated heterocycles. The number of nitrogens with zero attached hydrogens (tertiary/aromatic N) is 5. The lowest BCUT2D eigenvalue weighted by Crippen LogP contribution is -2.26. The van der Waals surface area contributed by atoms with Crippen molar-refractivity contribution in [3.8, 4) is 16.9 Å². The first kappa shape index (κ1) is 18.9. The van der Waals surface area contributed by atoms with E-state index in [0.717, 1.165) is 11.3 Å². The van der Waals surface area contributed by atoms with Crippen LogP contribution in [0.15, 0.2) is 83.8 Å². The summed E-state index contributed by atoms with van der Waals surface area (Å²) in [5.41, 5.74) is 2.97. The molecule has 0 amide bonds. The monoisotopic (exact) mass is 411 g/mol. The summed E-state index contributed by atoms with van der Waals surface area (Å²) in [4.78, 5) is 18.1. The summed E-state index contributed by atoms with van der Waals surface area (Å²) in [7, 11) is 0. The van der Waals surface area contributed by atoms with Crippen LogP contribution in [0.4, 0.5) is 4.39 Å². The topological polar surface area (TPSA) is 65.6 Å². The zero-order valence-corrected chi connectivity index (χ0v) is 16.7. The second-order valence-corrected chi connectivity index (χ2v) is 7.25. The van der Waals surface area contributed by atoms with Gasteiger partial charge in [-0.3, -0.25) is 9.36 Å². The average molecular weight is 411 g/mol. The second kappa shape index (κ2) is 7.60. The summed E-state index contributed by atoms with van der Waals surface area (Å²) in [6.07, 6.45) is 1.65. The molecule has 0 radical (unpaired) electrons. The molecule has 0 aliphatic heterocycles. The summed E-state index contributed by atoms with van der Waals surface area (Å²) < 4.78 is 17.3. The van der Waals surface area contributed by atoms with Crippen LogP contribution in [-0.2, 0) is 6.54 Å². The smallest absolute Gasteiger partial charge is 0.266 e. The standard InChI is InChI=1S/C24H18FN5O/c1-16-8-2-7-13-22(16)30-23(26-20-12-6-4-10-18(20)24(30)31)15-29-14-21(27-28-29)17-9-3-5-11-19(17)25/h2-14H,15H2,1H3. The zero-order valence-electron chi connectivity index (χ0n) is 16.7. The predicted octanol–water partition coefficient (Wildman–Crippen LogP) is 4.14. The molecule has 0 aliphatic rings. The van der Waals surface area contributed by atoms with Crippen LogP contribution in [0.5, 0.6) is 0 Å². The molecule has 5 aromatic rings. The minimum atomic E-state index is -0.366. The van der Waals surface area contributed by atoms with Gasteiger partial charge in [-0.1, -0.05) is 47.7 Å². The molecule has 152 valence electrons. The highest BCUT2D eigenvalue weighted by molar-refractivity contribution is 5.78. The number of hydrogen-bond acceptors (Lipinski definition) is 4. The molecular weight excluding hydrogens is 393 g/mol. The lowest BCUT2D eigenvalue weighted by Gasteiger charge is -2.15. The fraction of sp³-hybridized carbons (Fsp3) is 0.0833. The van der Waals surface area contributed by atoms with Crippen LogP contribution >= 0.6 is 0 Å². The second-order valence-electron chi connectivity index (χ2n) is 7.25. The highest BCUT2D eigenvalue weighted by Gasteiger charge is 2.16. The lowest BCUT2D eigenvalue weighted by molar-refractivity contribution is 0.610. The van der Waals surface area contributed by atoms with Crippen LogP contribution in [0.25, 0.3) is 27.8 Å². The molecule has 3 aromatic carbocycles. The van der Waals surface area contributed by atoms with Crippen molar-refractivity contribution in [1.29, 1.82) is 0 Å². The van der Waals surface area contributed by atoms with Crippen molar-refractivity contribution in [1.82, 2.24) is 24.5 Å². The van der Waals surface area contributed by atoms with Crippen LogP contribution < -0.4 is 5.56 Å². The van der Waals surface area contributed by atoms with Gasteiger partial charge in [0, 0.05) is 5.56 Å². The van der Waals surface area contributed by atoms with Gasteiger partial charge in [0.2, 0.25) is 0 Å². The fourth-order valence-corrected chi connectivity index (χ4v) is 3.66. The number of para-hydroxylation sites is 2. The van der Waals surface area contributed by atoms with Crippen molar-refractivity contribution in [2.45, 2.75) is 13.5 Å². The van der Waals surface area contributed by atoms with Crippen molar-refractivity contribution in [2.24, 2.45) is 0 Å². The Kier molecular flexibility index (Phi) is 4.63. The van der Waals surface area contributed by atoms with E-state index in [2.05, 4.69) is 10.3 Å². The maximum Gasteiger partial charge on any atom is 0.266 e. The van der Waals surface area contributed by atoms with Crippen LogP contribution in [0.3, 0.4) is 0 Å². The molecule has 2 heterocycles. The van der Waals surface area contributed by atoms with Gasteiger partial charge in [-0.2, -0.15) is 0 Å². The number of aryl methyl sites for hydroxylation is 1. The van der Waals surface area contributed by atoms with Crippen molar-refractivity contribution in [2.75, 3.05) is 0 Å². The summed E-state index contributed by atoms with van der Waals surface area (Å²) in [6, 6.07) is 21.3. The Hall–Kier alpha value is -4.13. The Morgan fingerprint density at radius 3 is 2.52 bits per heavy atom. The molecule has 2 aromatic heterocycles. The van der Waals surface area contributed by atoms with E-state index in [1.54, 1.807) is 39.7 Å². The quantitative estimate of drug-likeness (QED) is 0.446. The number of hydrogen-bond donors (Lipinski definition) is 0. The van der Waals surface area contributed by atoms with E-state index >= 15 is 0 Å². The summed E-state index contributed by atoms with van der Waals surface area (Å²) in [5.74, 6) is 0.151. The van der Waals surface area contributed by atoms with Crippen LogP contribution in [-0.4, -0.2) is 24.5 Å². The number of halogens is 1. The molecule has 0 aliphatic carbocycles. The molecule has 0 fully saturated rings. The van der Waals surface area contributed by atoms with Gasteiger partial charge in [-0.25, -0.2) is 14.1 Å². The maximum absolute atomic E-state index is 14.1. The summed E-state index contributed by atoms with van der Waals surface area (Å²) in [6.45, 7) is 2.16. The van der Waals surface area contributed by atoms with Gasteiger partial charge in [0.25, 0.3) is 5.56 Å². The van der Waals surface area contributed by atoms with E-state index in [1.165, 1.54) is 6.07 Å². The Morgan fingerprint density at radius 1 is 0.935 bits per heavy atom. The maximum atomic E-state index is 14.1. The predicted molar refractivity (Wildman–Crippen MR) is 117 cm³/mol. The third-order valence-corrected chi connectivity index (χ3v) is 5.19. The Labute approximate surface area is 177 Å². The zero-order chi connectivity index (χ0) is 21.4. The Morgan fingerprint density at radius 2 is 1.68 bits per heavy atom. The molecule has 0 atom stereocenters. The fourth-order valence-electron chi connectivity index (χ4n) is 3.66. The number of benzene rings is 3. The number of rotatable bonds is 4. The molecule has 0 N–H and O–H groups in total. The van der Waals surface area contributed by atoms with Gasteiger partial charge in [0.15, 0.2) is 0 Å². The van der Waals surface area contributed by atoms with E-state index in [9.17, 15) is 9.18 Å². The van der Waals surface area contributed by atoms with E-state index < -0.39 is 0 Å². The largest absolute Gasteiger partial charge is 0.268 e. The van der Waals surface area contributed by atoms with Crippen molar-refractivity contribution in [3.05, 3.63) is 107 Å². The van der Waals surface area contributed by atoms with Gasteiger partial charge in [0.05, 0.1) is 22.8 Å². The number of fused-ring (bicyclic) bond motifs is 1. The van der Waals surface area contributed by atoms with Crippen LogP contribution in [0.2, 0.25) is 0 Å². The molecule has 0 bridgehead atoms. The Bertz CT molecular complexity index is 1470. The molecule has 6 nitrogen and oxygen atoms in total. The average Bonchev–Trinajstić information content (AvgIpc) is 3.23. The van der Waals surface area contributed by atoms with Crippen molar-refractivity contribution < 1.29 is 4.39 Å². The van der Waals surface area contributed by atoms with Gasteiger partial charge in [-0.15, -0.1) is 5.10 Å². The van der Waals surface area contributed by atoms with Gasteiger partial charge < -0.3 is 0 Å². The normalized spacial score (nSPS) is 11.2. The van der Waals surface area contributed by atoms with E-state index in [1.807, 2.05) is 49.4 Å². The third kappa shape index (κ3) is 3.40. The van der Waals surface area contributed by atoms with Crippen molar-refractivity contribution in [3.63, 3.8) is 0 Å². The molecule has 0 unspecified atom stereocenters. The van der Waals surface area contributed by atoms with E-state index in [-0.39, 0.29) is 17.9 Å². The molecule has 7 heteroatoms. The minimum absolute atomic E-state index is 0.149. The molecule has 0 saturated carbocycles.